The van der Waals surface area contributed by atoms with Crippen LogP contribution >= 0.6 is 11.3 Å². The molecule has 1 aromatic carbocycles. The molecular formula is C27H27F3N6OS. The van der Waals surface area contributed by atoms with Crippen molar-refractivity contribution in [3.05, 3.63) is 52.8 Å². The van der Waals surface area contributed by atoms with Crippen LogP contribution in [0.1, 0.15) is 29.0 Å². The molecule has 1 fully saturated rings. The first-order chi connectivity index (χ1) is 18.2. The minimum absolute atomic E-state index is 0.108. The van der Waals surface area contributed by atoms with Gasteiger partial charge in [-0.2, -0.15) is 13.2 Å². The van der Waals surface area contributed by atoms with Crippen molar-refractivity contribution < 1.29 is 18.0 Å². The molecule has 1 aliphatic rings. The van der Waals surface area contributed by atoms with Gasteiger partial charge in [0.05, 0.1) is 17.5 Å². The summed E-state index contributed by atoms with van der Waals surface area (Å²) in [7, 11) is 1.60. The Kier molecular flexibility index (Phi) is 7.27. The number of hydrogen-bond acceptors (Lipinski definition) is 6. The van der Waals surface area contributed by atoms with Crippen molar-refractivity contribution in [1.82, 2.24) is 24.8 Å². The Balaban J connectivity index is 1.22. The molecule has 198 valence electrons. The molecular weight excluding hydrogens is 513 g/mol. The van der Waals surface area contributed by atoms with Gasteiger partial charge in [0.2, 0.25) is 5.91 Å². The Morgan fingerprint density at radius 3 is 2.71 bits per heavy atom. The van der Waals surface area contributed by atoms with E-state index in [9.17, 15) is 18.0 Å². The normalized spacial score (nSPS) is 15.1. The molecule has 0 unspecified atom stereocenters. The summed E-state index contributed by atoms with van der Waals surface area (Å²) in [5.41, 5.74) is 2.76. The Morgan fingerprint density at radius 2 is 2.00 bits per heavy atom. The largest absolute Gasteiger partial charge is 0.393 e. The Hall–Kier alpha value is -3.62. The number of terminal acetylenes is 1. The molecule has 0 bridgehead atoms. The lowest BCUT2D eigenvalue weighted by molar-refractivity contribution is -0.126. The molecule has 38 heavy (non-hydrogen) atoms. The lowest BCUT2D eigenvalue weighted by Crippen LogP contribution is -2.38. The lowest BCUT2D eigenvalue weighted by Gasteiger charge is -2.32. The van der Waals surface area contributed by atoms with Crippen LogP contribution in [0.4, 0.5) is 19.0 Å². The van der Waals surface area contributed by atoms with Crippen LogP contribution in [0.2, 0.25) is 0 Å². The minimum Gasteiger partial charge on any atom is -0.367 e. The first-order valence-corrected chi connectivity index (χ1v) is 13.1. The lowest BCUT2D eigenvalue weighted by atomic mass is 10.0. The van der Waals surface area contributed by atoms with Crippen LogP contribution in [0, 0.1) is 12.3 Å². The number of piperidine rings is 1. The van der Waals surface area contributed by atoms with Gasteiger partial charge in [0.25, 0.3) is 0 Å². The SMILES string of the molecule is C#Cc1cc2cc(CN3CCC(Nc4ncnc5sc(CC(F)(F)F)cc45)CC3)ccc2n1CC(=O)NC. The number of hydrogen-bond donors (Lipinski definition) is 2. The Labute approximate surface area is 222 Å². The number of benzene rings is 1. The summed E-state index contributed by atoms with van der Waals surface area (Å²) in [6.45, 7) is 2.71. The Bertz CT molecular complexity index is 1510. The number of nitrogens with one attached hydrogen (secondary N) is 2. The maximum atomic E-state index is 12.8. The summed E-state index contributed by atoms with van der Waals surface area (Å²) < 4.78 is 40.3. The summed E-state index contributed by atoms with van der Waals surface area (Å²) in [6, 6.07) is 9.86. The van der Waals surface area contributed by atoms with E-state index < -0.39 is 12.6 Å². The van der Waals surface area contributed by atoms with Crippen molar-refractivity contribution in [2.45, 2.75) is 44.6 Å². The van der Waals surface area contributed by atoms with Gasteiger partial charge in [-0.25, -0.2) is 9.97 Å². The molecule has 0 radical (unpaired) electrons. The number of likely N-dealkylation sites (N-methyl/N-ethyl adjacent to an activating group) is 1. The number of thiophene rings is 1. The van der Waals surface area contributed by atoms with E-state index in [1.165, 1.54) is 6.33 Å². The van der Waals surface area contributed by atoms with E-state index in [4.69, 9.17) is 6.42 Å². The fraction of sp³-hybridized carbons (Fsp3) is 0.370. The van der Waals surface area contributed by atoms with E-state index in [1.807, 2.05) is 16.7 Å². The number of rotatable bonds is 7. The zero-order valence-electron chi connectivity index (χ0n) is 20.8. The van der Waals surface area contributed by atoms with Crippen LogP contribution in [0.15, 0.2) is 36.7 Å². The molecule has 1 saturated heterocycles. The average molecular weight is 541 g/mol. The van der Waals surface area contributed by atoms with E-state index in [0.717, 1.165) is 60.3 Å². The number of carbonyl (C=O) groups excluding carboxylic acids is 1. The molecule has 2 N–H and O–H groups in total. The zero-order chi connectivity index (χ0) is 26.9. The van der Waals surface area contributed by atoms with Gasteiger partial charge in [-0.3, -0.25) is 9.69 Å². The van der Waals surface area contributed by atoms with E-state index in [2.05, 4.69) is 43.6 Å². The van der Waals surface area contributed by atoms with Crippen LogP contribution in [-0.4, -0.2) is 57.7 Å². The second-order valence-electron chi connectivity index (χ2n) is 9.47. The number of likely N-dealkylation sites (tertiary alicyclic amines) is 1. The number of fused-ring (bicyclic) bond motifs is 2. The van der Waals surface area contributed by atoms with Gasteiger partial charge in [0.1, 0.15) is 23.5 Å². The summed E-state index contributed by atoms with van der Waals surface area (Å²) in [5, 5.41) is 7.72. The van der Waals surface area contributed by atoms with Crippen molar-refractivity contribution >= 4 is 44.2 Å². The average Bonchev–Trinajstić information content (AvgIpc) is 3.44. The van der Waals surface area contributed by atoms with E-state index in [-0.39, 0.29) is 23.4 Å². The van der Waals surface area contributed by atoms with Crippen LogP contribution in [-0.2, 0) is 24.3 Å². The molecule has 0 spiro atoms. The van der Waals surface area contributed by atoms with E-state index in [1.54, 1.807) is 13.1 Å². The number of nitrogens with zero attached hydrogens (tertiary/aromatic N) is 4. The summed E-state index contributed by atoms with van der Waals surface area (Å²) in [4.78, 5) is 23.6. The van der Waals surface area contributed by atoms with Gasteiger partial charge >= 0.3 is 6.18 Å². The van der Waals surface area contributed by atoms with Crippen LogP contribution in [0.25, 0.3) is 21.1 Å². The molecule has 11 heteroatoms. The summed E-state index contributed by atoms with van der Waals surface area (Å²) in [6.07, 6.45) is 3.64. The molecule has 7 nitrogen and oxygen atoms in total. The van der Waals surface area contributed by atoms with Crippen LogP contribution in [0.3, 0.4) is 0 Å². The van der Waals surface area contributed by atoms with Crippen LogP contribution < -0.4 is 10.6 Å². The number of amides is 1. The van der Waals surface area contributed by atoms with Gasteiger partial charge in [-0.15, -0.1) is 17.8 Å². The number of anilines is 1. The molecule has 0 aliphatic carbocycles. The standard InChI is InChI=1S/C27H27F3N6OS/c1-3-20-11-18-10-17(4-5-23(18)36(20)15-24(37)31-2)14-35-8-6-19(7-9-35)34-25-22-12-21(13-27(28,29)30)38-26(22)33-16-32-25/h1,4-5,10-12,16,19H,6-9,13-15H2,2H3,(H,31,37)(H,32,33,34). The quantitative estimate of drug-likeness (QED) is 0.337. The molecule has 1 aliphatic heterocycles. The van der Waals surface area contributed by atoms with Gasteiger partial charge in [0.15, 0.2) is 0 Å². The van der Waals surface area contributed by atoms with Gasteiger partial charge < -0.3 is 15.2 Å². The number of carbonyl (C=O) groups is 1. The predicted octanol–water partition coefficient (Wildman–Crippen LogP) is 4.55. The van der Waals surface area contributed by atoms with Crippen molar-refractivity contribution in [3.63, 3.8) is 0 Å². The smallest absolute Gasteiger partial charge is 0.367 e. The second kappa shape index (κ2) is 10.6. The van der Waals surface area contributed by atoms with E-state index >= 15 is 0 Å². The molecule has 1 amide bonds. The first kappa shape index (κ1) is 26.0. The number of aromatic nitrogens is 3. The molecule has 0 atom stereocenters. The van der Waals surface area contributed by atoms with Crippen molar-refractivity contribution in [1.29, 1.82) is 0 Å². The summed E-state index contributed by atoms with van der Waals surface area (Å²) >= 11 is 1.06. The highest BCUT2D eigenvalue weighted by Gasteiger charge is 2.29. The highest BCUT2D eigenvalue weighted by atomic mass is 32.1. The van der Waals surface area contributed by atoms with Crippen molar-refractivity contribution in [2.24, 2.45) is 0 Å². The fourth-order valence-electron chi connectivity index (χ4n) is 4.92. The number of halogens is 3. The second-order valence-corrected chi connectivity index (χ2v) is 10.6. The highest BCUT2D eigenvalue weighted by molar-refractivity contribution is 7.18. The molecule has 4 heterocycles. The predicted molar refractivity (Wildman–Crippen MR) is 143 cm³/mol. The van der Waals surface area contributed by atoms with E-state index in [0.29, 0.717) is 21.7 Å². The van der Waals surface area contributed by atoms with Crippen LogP contribution in [0.5, 0.6) is 0 Å². The van der Waals surface area contributed by atoms with Crippen molar-refractivity contribution in [2.75, 3.05) is 25.5 Å². The maximum absolute atomic E-state index is 12.8. The third-order valence-electron chi connectivity index (χ3n) is 6.78. The number of alkyl halides is 3. The van der Waals surface area contributed by atoms with Crippen molar-refractivity contribution in [3.8, 4) is 12.3 Å². The molecule has 4 aromatic rings. The maximum Gasteiger partial charge on any atom is 0.393 e. The zero-order valence-corrected chi connectivity index (χ0v) is 21.6. The molecule has 5 rings (SSSR count). The molecule has 0 saturated carbocycles. The third kappa shape index (κ3) is 5.76. The summed E-state index contributed by atoms with van der Waals surface area (Å²) in [5.74, 6) is 3.15. The van der Waals surface area contributed by atoms with Gasteiger partial charge in [0, 0.05) is 48.5 Å². The highest BCUT2D eigenvalue weighted by Crippen LogP contribution is 2.33. The first-order valence-electron chi connectivity index (χ1n) is 12.3. The topological polar surface area (TPSA) is 75.1 Å². The van der Waals surface area contributed by atoms with Gasteiger partial charge in [-0.1, -0.05) is 12.0 Å². The molecule has 3 aromatic heterocycles. The monoisotopic (exact) mass is 540 g/mol. The minimum atomic E-state index is -4.25. The van der Waals surface area contributed by atoms with Gasteiger partial charge in [-0.05, 0) is 42.7 Å². The fourth-order valence-corrected chi connectivity index (χ4v) is 5.95. The Morgan fingerprint density at radius 1 is 1.21 bits per heavy atom. The third-order valence-corrected chi connectivity index (χ3v) is 7.83.